The number of likely N-dealkylation sites (tertiary alicyclic amines) is 1. The maximum atomic E-state index is 12.4. The summed E-state index contributed by atoms with van der Waals surface area (Å²) in [6.45, 7) is 1.67. The smallest absolute Gasteiger partial charge is 0.229 e. The van der Waals surface area contributed by atoms with Gasteiger partial charge in [0.05, 0.1) is 5.75 Å². The molecular formula is C15H23N3O2S. The second kappa shape index (κ2) is 6.81. The van der Waals surface area contributed by atoms with Crippen LogP contribution in [0.1, 0.15) is 56.2 Å². The number of carbonyl (C=O) groups is 1. The van der Waals surface area contributed by atoms with Gasteiger partial charge in [0, 0.05) is 24.9 Å². The average molecular weight is 309 g/mol. The van der Waals surface area contributed by atoms with Crippen LogP contribution in [-0.2, 0) is 10.5 Å². The van der Waals surface area contributed by atoms with E-state index in [0.29, 0.717) is 11.8 Å². The zero-order chi connectivity index (χ0) is 14.7. The highest BCUT2D eigenvalue weighted by Crippen LogP contribution is 2.31. The first-order valence-electron chi connectivity index (χ1n) is 7.88. The van der Waals surface area contributed by atoms with Crippen molar-refractivity contribution in [1.82, 2.24) is 15.0 Å². The van der Waals surface area contributed by atoms with E-state index in [1.807, 2.05) is 11.2 Å². The van der Waals surface area contributed by atoms with Gasteiger partial charge in [0.25, 0.3) is 0 Å². The first-order chi connectivity index (χ1) is 10.3. The topological polar surface area (TPSA) is 59.2 Å². The van der Waals surface area contributed by atoms with E-state index in [1.54, 1.807) is 11.8 Å². The monoisotopic (exact) mass is 309 g/mol. The van der Waals surface area contributed by atoms with Crippen LogP contribution in [0, 0.1) is 5.92 Å². The zero-order valence-corrected chi connectivity index (χ0v) is 13.4. The number of amides is 1. The first kappa shape index (κ1) is 14.9. The van der Waals surface area contributed by atoms with Crippen molar-refractivity contribution >= 4 is 17.7 Å². The third-order valence-electron chi connectivity index (χ3n) is 4.62. The Morgan fingerprint density at radius 2 is 2.00 bits per heavy atom. The third kappa shape index (κ3) is 3.42. The lowest BCUT2D eigenvalue weighted by Crippen LogP contribution is -2.40. The van der Waals surface area contributed by atoms with Gasteiger partial charge in [-0.15, -0.1) is 0 Å². The molecule has 0 aromatic carbocycles. The molecular weight excluding hydrogens is 286 g/mol. The van der Waals surface area contributed by atoms with Crippen molar-refractivity contribution in [3.8, 4) is 0 Å². The molecule has 1 saturated heterocycles. The van der Waals surface area contributed by atoms with Crippen LogP contribution in [0.2, 0.25) is 0 Å². The van der Waals surface area contributed by atoms with Crippen LogP contribution in [0.3, 0.4) is 0 Å². The molecule has 5 nitrogen and oxygen atoms in total. The predicted octanol–water partition coefficient (Wildman–Crippen LogP) is 2.83. The van der Waals surface area contributed by atoms with E-state index in [0.717, 1.165) is 56.2 Å². The van der Waals surface area contributed by atoms with Gasteiger partial charge in [0.15, 0.2) is 5.82 Å². The maximum absolute atomic E-state index is 12.4. The standard InChI is InChI=1S/C15H23N3O2S/c1-21-10-13-16-14(20-17-13)11-6-8-18(9-7-11)15(19)12-4-2-3-5-12/h11-12H,2-10H2,1H3. The maximum Gasteiger partial charge on any atom is 0.229 e. The summed E-state index contributed by atoms with van der Waals surface area (Å²) in [5, 5.41) is 4.01. The summed E-state index contributed by atoms with van der Waals surface area (Å²) in [5.41, 5.74) is 0. The summed E-state index contributed by atoms with van der Waals surface area (Å²) in [5.74, 6) is 3.31. The van der Waals surface area contributed by atoms with E-state index in [2.05, 4.69) is 10.1 Å². The van der Waals surface area contributed by atoms with E-state index in [1.165, 1.54) is 12.8 Å². The van der Waals surface area contributed by atoms with Gasteiger partial charge in [-0.1, -0.05) is 18.0 Å². The zero-order valence-electron chi connectivity index (χ0n) is 12.6. The molecule has 1 saturated carbocycles. The molecule has 21 heavy (non-hydrogen) atoms. The second-order valence-corrected chi connectivity index (χ2v) is 6.93. The largest absolute Gasteiger partial charge is 0.342 e. The van der Waals surface area contributed by atoms with Crippen LogP contribution in [0.5, 0.6) is 0 Å². The van der Waals surface area contributed by atoms with Gasteiger partial charge in [-0.2, -0.15) is 16.7 Å². The summed E-state index contributed by atoms with van der Waals surface area (Å²) >= 11 is 1.70. The van der Waals surface area contributed by atoms with Gasteiger partial charge in [0.1, 0.15) is 0 Å². The molecule has 116 valence electrons. The van der Waals surface area contributed by atoms with Crippen LogP contribution in [0.15, 0.2) is 4.52 Å². The number of aromatic nitrogens is 2. The SMILES string of the molecule is CSCc1noc(C2CCN(C(=O)C3CCCC3)CC2)n1. The van der Waals surface area contributed by atoms with Crippen LogP contribution in [0.25, 0.3) is 0 Å². The molecule has 0 radical (unpaired) electrons. The highest BCUT2D eigenvalue weighted by atomic mass is 32.2. The molecule has 3 rings (SSSR count). The molecule has 0 bridgehead atoms. The minimum absolute atomic E-state index is 0.290. The average Bonchev–Trinajstić information content (AvgIpc) is 3.19. The van der Waals surface area contributed by atoms with E-state index in [9.17, 15) is 4.79 Å². The van der Waals surface area contributed by atoms with Crippen LogP contribution in [-0.4, -0.2) is 40.3 Å². The second-order valence-electron chi connectivity index (χ2n) is 6.06. The Balaban J connectivity index is 1.53. The van der Waals surface area contributed by atoms with Crippen LogP contribution < -0.4 is 0 Å². The van der Waals surface area contributed by atoms with Crippen molar-refractivity contribution in [3.63, 3.8) is 0 Å². The Morgan fingerprint density at radius 3 is 2.67 bits per heavy atom. The molecule has 0 N–H and O–H groups in total. The Bertz CT molecular complexity index is 477. The Labute approximate surface area is 129 Å². The number of hydrogen-bond acceptors (Lipinski definition) is 5. The van der Waals surface area contributed by atoms with Gasteiger partial charge >= 0.3 is 0 Å². The molecule has 0 atom stereocenters. The molecule has 2 aliphatic rings. The Morgan fingerprint density at radius 1 is 1.29 bits per heavy atom. The van der Waals surface area contributed by atoms with Crippen molar-refractivity contribution in [2.45, 2.75) is 50.2 Å². The number of carbonyl (C=O) groups excluding carboxylic acids is 1. The highest BCUT2D eigenvalue weighted by Gasteiger charge is 2.31. The van der Waals surface area contributed by atoms with Crippen molar-refractivity contribution in [1.29, 1.82) is 0 Å². The van der Waals surface area contributed by atoms with Crippen molar-refractivity contribution in [2.75, 3.05) is 19.3 Å². The fourth-order valence-corrected chi connectivity index (χ4v) is 3.77. The molecule has 1 aliphatic carbocycles. The fourth-order valence-electron chi connectivity index (χ4n) is 3.40. The summed E-state index contributed by atoms with van der Waals surface area (Å²) in [4.78, 5) is 18.9. The van der Waals surface area contributed by atoms with Crippen molar-refractivity contribution < 1.29 is 9.32 Å². The molecule has 2 heterocycles. The summed E-state index contributed by atoms with van der Waals surface area (Å²) in [6.07, 6.45) is 8.52. The van der Waals surface area contributed by atoms with Crippen LogP contribution in [0.4, 0.5) is 0 Å². The van der Waals surface area contributed by atoms with E-state index in [4.69, 9.17) is 4.52 Å². The number of piperidine rings is 1. The van der Waals surface area contributed by atoms with Gasteiger partial charge in [0.2, 0.25) is 11.8 Å². The van der Waals surface area contributed by atoms with Gasteiger partial charge in [-0.3, -0.25) is 4.79 Å². The van der Waals surface area contributed by atoms with Crippen molar-refractivity contribution in [3.05, 3.63) is 11.7 Å². The number of rotatable bonds is 4. The lowest BCUT2D eigenvalue weighted by Gasteiger charge is -2.32. The third-order valence-corrected chi connectivity index (χ3v) is 5.16. The molecule has 6 heteroatoms. The molecule has 1 amide bonds. The number of hydrogen-bond donors (Lipinski definition) is 0. The van der Waals surface area contributed by atoms with Crippen molar-refractivity contribution in [2.24, 2.45) is 5.92 Å². The number of nitrogens with zero attached hydrogens (tertiary/aromatic N) is 3. The first-order valence-corrected chi connectivity index (χ1v) is 9.27. The van der Waals surface area contributed by atoms with Gasteiger partial charge in [-0.25, -0.2) is 0 Å². The summed E-state index contributed by atoms with van der Waals surface area (Å²) < 4.78 is 5.37. The lowest BCUT2D eigenvalue weighted by molar-refractivity contribution is -0.136. The lowest BCUT2D eigenvalue weighted by atomic mass is 9.95. The number of thioether (sulfide) groups is 1. The Hall–Kier alpha value is -1.04. The molecule has 2 fully saturated rings. The summed E-state index contributed by atoms with van der Waals surface area (Å²) in [7, 11) is 0. The molecule has 0 unspecified atom stereocenters. The predicted molar refractivity (Wildman–Crippen MR) is 82.0 cm³/mol. The molecule has 1 aromatic rings. The Kier molecular flexibility index (Phi) is 4.83. The normalized spacial score (nSPS) is 21.1. The van der Waals surface area contributed by atoms with Gasteiger partial charge < -0.3 is 9.42 Å². The van der Waals surface area contributed by atoms with E-state index in [-0.39, 0.29) is 5.92 Å². The van der Waals surface area contributed by atoms with Gasteiger partial charge in [-0.05, 0) is 31.9 Å². The minimum atomic E-state index is 0.290. The van der Waals surface area contributed by atoms with E-state index >= 15 is 0 Å². The molecule has 1 aromatic heterocycles. The molecule has 0 spiro atoms. The minimum Gasteiger partial charge on any atom is -0.342 e. The summed E-state index contributed by atoms with van der Waals surface area (Å²) in [6, 6.07) is 0. The van der Waals surface area contributed by atoms with E-state index < -0.39 is 0 Å². The fraction of sp³-hybridized carbons (Fsp3) is 0.800. The highest BCUT2D eigenvalue weighted by molar-refractivity contribution is 7.97. The molecule has 1 aliphatic heterocycles. The van der Waals surface area contributed by atoms with Crippen LogP contribution >= 0.6 is 11.8 Å². The quantitative estimate of drug-likeness (QED) is 0.856.